The van der Waals surface area contributed by atoms with Gasteiger partial charge >= 0.3 is 5.69 Å². The lowest BCUT2D eigenvalue weighted by Gasteiger charge is -2.19. The lowest BCUT2D eigenvalue weighted by atomic mass is 10.1. The molecule has 0 bridgehead atoms. The van der Waals surface area contributed by atoms with Gasteiger partial charge in [0.15, 0.2) is 0 Å². The van der Waals surface area contributed by atoms with Gasteiger partial charge in [0, 0.05) is 6.20 Å². The minimum absolute atomic E-state index is 0.0763. The van der Waals surface area contributed by atoms with E-state index in [4.69, 9.17) is 4.74 Å². The van der Waals surface area contributed by atoms with Crippen molar-refractivity contribution >= 4 is 12.2 Å². The predicted molar refractivity (Wildman–Crippen MR) is 113 cm³/mol. The zero-order chi connectivity index (χ0) is 21.5. The lowest BCUT2D eigenvalue weighted by molar-refractivity contribution is -0.0488. The highest BCUT2D eigenvalue weighted by atomic mass is 16.5. The monoisotopic (exact) mass is 411 g/mol. The number of hydrogen-bond acceptors (Lipinski definition) is 6. The first kappa shape index (κ1) is 21.4. The van der Waals surface area contributed by atoms with Crippen molar-refractivity contribution in [1.82, 2.24) is 24.5 Å². The molecule has 3 aromatic rings. The summed E-state index contributed by atoms with van der Waals surface area (Å²) in [5.74, 6) is 0.0892. The molecule has 0 aliphatic carbocycles. The number of H-pyrrole nitrogens is 1. The van der Waals surface area contributed by atoms with Crippen LogP contribution in [0, 0.1) is 5.92 Å². The van der Waals surface area contributed by atoms with Crippen LogP contribution in [0.4, 0.5) is 0 Å². The van der Waals surface area contributed by atoms with Crippen molar-refractivity contribution in [3.63, 3.8) is 0 Å². The molecule has 1 aromatic carbocycles. The summed E-state index contributed by atoms with van der Waals surface area (Å²) in [5.41, 5.74) is 0.877. The second-order valence-corrected chi connectivity index (χ2v) is 7.23. The van der Waals surface area contributed by atoms with Gasteiger partial charge in [-0.2, -0.15) is 0 Å². The average molecular weight is 411 g/mol. The van der Waals surface area contributed by atoms with Crippen molar-refractivity contribution in [3.05, 3.63) is 80.4 Å². The molecule has 9 heteroatoms. The van der Waals surface area contributed by atoms with Crippen molar-refractivity contribution in [1.29, 1.82) is 0 Å². The first-order chi connectivity index (χ1) is 14.5. The van der Waals surface area contributed by atoms with E-state index in [9.17, 15) is 14.7 Å². The topological polar surface area (TPSA) is 115 Å². The highest BCUT2D eigenvalue weighted by Gasteiger charge is 2.13. The normalized spacial score (nSPS) is 12.7. The highest BCUT2D eigenvalue weighted by molar-refractivity contribution is 5.66. The molecule has 0 fully saturated rings. The van der Waals surface area contributed by atoms with Crippen molar-refractivity contribution in [2.45, 2.75) is 33.2 Å². The number of aliphatic hydroxyl groups excluding tert-OH is 1. The fraction of sp³-hybridized carbons (Fsp3) is 0.333. The molecule has 3 rings (SSSR count). The zero-order valence-corrected chi connectivity index (χ0v) is 16.9. The Kier molecular flexibility index (Phi) is 7.10. The van der Waals surface area contributed by atoms with Gasteiger partial charge in [0.1, 0.15) is 12.4 Å². The van der Waals surface area contributed by atoms with E-state index in [-0.39, 0.29) is 24.8 Å². The summed E-state index contributed by atoms with van der Waals surface area (Å²) in [4.78, 5) is 26.4. The van der Waals surface area contributed by atoms with Crippen LogP contribution in [0.3, 0.4) is 0 Å². The Labute approximate surface area is 173 Å². The van der Waals surface area contributed by atoms with Gasteiger partial charge in [-0.1, -0.05) is 49.4 Å². The van der Waals surface area contributed by atoms with Gasteiger partial charge in [0.2, 0.25) is 0 Å². The van der Waals surface area contributed by atoms with Crippen LogP contribution in [-0.4, -0.2) is 42.4 Å². The van der Waals surface area contributed by atoms with E-state index >= 15 is 0 Å². The first-order valence-corrected chi connectivity index (χ1v) is 9.64. The Bertz CT molecular complexity index is 1100. The Morgan fingerprint density at radius 2 is 1.93 bits per heavy atom. The second kappa shape index (κ2) is 9.95. The molecule has 0 aliphatic heterocycles. The zero-order valence-electron chi connectivity index (χ0n) is 16.9. The van der Waals surface area contributed by atoms with Crippen molar-refractivity contribution in [2.24, 2.45) is 5.92 Å². The largest absolute Gasteiger partial charge is 0.394 e. The summed E-state index contributed by atoms with van der Waals surface area (Å²) in [5, 5.41) is 17.5. The number of hydrogen-bond donors (Lipinski definition) is 2. The third kappa shape index (κ3) is 5.62. The highest BCUT2D eigenvalue weighted by Crippen LogP contribution is 2.07. The Morgan fingerprint density at radius 3 is 2.63 bits per heavy atom. The van der Waals surface area contributed by atoms with E-state index in [2.05, 4.69) is 15.3 Å². The van der Waals surface area contributed by atoms with Crippen molar-refractivity contribution < 1.29 is 9.84 Å². The van der Waals surface area contributed by atoms with E-state index in [0.29, 0.717) is 12.2 Å². The molecule has 0 saturated heterocycles. The Morgan fingerprint density at radius 1 is 1.17 bits per heavy atom. The van der Waals surface area contributed by atoms with Gasteiger partial charge in [0.05, 0.1) is 31.0 Å². The van der Waals surface area contributed by atoms with Crippen LogP contribution in [-0.2, 0) is 18.0 Å². The van der Waals surface area contributed by atoms with Gasteiger partial charge < -0.3 is 9.84 Å². The van der Waals surface area contributed by atoms with Gasteiger partial charge in [-0.05, 0) is 23.6 Å². The number of rotatable bonds is 9. The summed E-state index contributed by atoms with van der Waals surface area (Å²) >= 11 is 0. The first-order valence-electron chi connectivity index (χ1n) is 9.64. The third-order valence-electron chi connectivity index (χ3n) is 4.57. The van der Waals surface area contributed by atoms with Crippen LogP contribution in [0.25, 0.3) is 12.2 Å². The molecule has 0 amide bonds. The number of aromatic nitrogens is 5. The van der Waals surface area contributed by atoms with Crippen LogP contribution in [0.15, 0.2) is 52.3 Å². The van der Waals surface area contributed by atoms with Crippen molar-refractivity contribution in [3.8, 4) is 0 Å². The molecule has 0 radical (unpaired) electrons. The van der Waals surface area contributed by atoms with E-state index in [1.165, 1.54) is 10.8 Å². The smallest absolute Gasteiger partial charge is 0.330 e. The van der Waals surface area contributed by atoms with Crippen LogP contribution < -0.4 is 11.2 Å². The number of nitrogens with one attached hydrogen (secondary N) is 1. The van der Waals surface area contributed by atoms with Crippen LogP contribution in [0.5, 0.6) is 0 Å². The molecular weight excluding hydrogens is 386 g/mol. The Hall–Kier alpha value is -3.30. The van der Waals surface area contributed by atoms with Crippen molar-refractivity contribution in [2.75, 3.05) is 6.61 Å². The molecule has 1 atom stereocenters. The third-order valence-corrected chi connectivity index (χ3v) is 4.57. The summed E-state index contributed by atoms with van der Waals surface area (Å²) in [6.45, 7) is 4.19. The predicted octanol–water partition coefficient (Wildman–Crippen LogP) is 1.34. The molecule has 2 N–H and O–H groups in total. The standard InChI is InChI=1S/C21H25N5O4/c1-15(2)19(13-27)30-14-25-11-17(20(28)22-21(25)29)8-9-18-12-26(24-23-18)10-16-6-4-3-5-7-16/h3-9,11-12,15,19,27H,10,13-14H2,1-2H3,(H,22,28,29)/b9-8+/t19-/m1/s1. The molecule has 2 heterocycles. The van der Waals surface area contributed by atoms with Gasteiger partial charge in [-0.25, -0.2) is 9.48 Å². The average Bonchev–Trinajstić information content (AvgIpc) is 3.16. The lowest BCUT2D eigenvalue weighted by Crippen LogP contribution is -2.34. The molecule has 0 unspecified atom stereocenters. The van der Waals surface area contributed by atoms with Gasteiger partial charge in [-0.3, -0.25) is 14.3 Å². The number of aliphatic hydroxyl groups is 1. The minimum atomic E-state index is -0.577. The fourth-order valence-electron chi connectivity index (χ4n) is 2.79. The van der Waals surface area contributed by atoms with E-state index in [1.807, 2.05) is 44.2 Å². The maximum Gasteiger partial charge on any atom is 0.330 e. The SMILES string of the molecule is CC(C)[C@@H](CO)OCn1cc(/C=C/c2cn(Cc3ccccc3)nn2)c(=O)[nH]c1=O. The Balaban J connectivity index is 1.72. The number of ether oxygens (including phenoxy) is 1. The molecule has 2 aromatic heterocycles. The molecule has 0 saturated carbocycles. The van der Waals surface area contributed by atoms with Gasteiger partial charge in [0.25, 0.3) is 5.56 Å². The molecule has 158 valence electrons. The quantitative estimate of drug-likeness (QED) is 0.549. The fourth-order valence-corrected chi connectivity index (χ4v) is 2.79. The minimum Gasteiger partial charge on any atom is -0.394 e. The second-order valence-electron chi connectivity index (χ2n) is 7.23. The van der Waals surface area contributed by atoms with Crippen LogP contribution >= 0.6 is 0 Å². The van der Waals surface area contributed by atoms with E-state index in [1.54, 1.807) is 23.0 Å². The number of nitrogens with zero attached hydrogens (tertiary/aromatic N) is 4. The number of benzene rings is 1. The van der Waals surface area contributed by atoms with Crippen LogP contribution in [0.1, 0.15) is 30.7 Å². The summed E-state index contributed by atoms with van der Waals surface area (Å²) in [6.07, 6.45) is 6.01. The molecule has 0 aliphatic rings. The van der Waals surface area contributed by atoms with Crippen LogP contribution in [0.2, 0.25) is 0 Å². The summed E-state index contributed by atoms with van der Waals surface area (Å²) < 4.78 is 8.53. The van der Waals surface area contributed by atoms with Gasteiger partial charge in [-0.15, -0.1) is 5.10 Å². The summed E-state index contributed by atoms with van der Waals surface area (Å²) in [6, 6.07) is 9.88. The molecule has 0 spiro atoms. The van der Waals surface area contributed by atoms with E-state index in [0.717, 1.165) is 5.56 Å². The number of aromatic amines is 1. The maximum absolute atomic E-state index is 12.1. The van der Waals surface area contributed by atoms with E-state index < -0.39 is 17.4 Å². The molecule has 30 heavy (non-hydrogen) atoms. The molecular formula is C21H25N5O4. The summed E-state index contributed by atoms with van der Waals surface area (Å²) in [7, 11) is 0. The maximum atomic E-state index is 12.1. The molecule has 9 nitrogen and oxygen atoms in total.